The minimum Gasteiger partial charge on any atom is -0.309 e. The maximum absolute atomic E-state index is 12.3. The molecule has 1 unspecified atom stereocenters. The number of nitrogens with one attached hydrogen (secondary N) is 1. The molecule has 2 aromatic heterocycles. The molecule has 98 valence electrons. The Kier molecular flexibility index (Phi) is 3.48. The van der Waals surface area contributed by atoms with Crippen LogP contribution in [-0.4, -0.2) is 15.9 Å². The minimum atomic E-state index is -0.0764. The van der Waals surface area contributed by atoms with E-state index in [1.807, 2.05) is 0 Å². The van der Waals surface area contributed by atoms with Crippen LogP contribution >= 0.6 is 22.9 Å². The molecule has 2 heterocycles. The Labute approximate surface area is 119 Å². The van der Waals surface area contributed by atoms with Gasteiger partial charge in [-0.05, 0) is 36.3 Å². The standard InChI is InChI=1S/C13H12ClN3OS/c14-11-6-16-12(7-15-11)17-13(18)9-2-1-3-10-8(9)4-5-19-10/h4-7,9H,1-3H2,(H,16,17,18). The van der Waals surface area contributed by atoms with Gasteiger partial charge in [0.05, 0.1) is 18.3 Å². The van der Waals surface area contributed by atoms with Crippen LogP contribution in [0.1, 0.15) is 29.2 Å². The molecular weight excluding hydrogens is 282 g/mol. The number of rotatable bonds is 2. The lowest BCUT2D eigenvalue weighted by molar-refractivity contribution is -0.117. The fraction of sp³-hybridized carbons (Fsp3) is 0.308. The monoisotopic (exact) mass is 293 g/mol. The molecule has 19 heavy (non-hydrogen) atoms. The summed E-state index contributed by atoms with van der Waals surface area (Å²) in [6, 6.07) is 2.05. The van der Waals surface area contributed by atoms with Gasteiger partial charge in [-0.2, -0.15) is 0 Å². The van der Waals surface area contributed by atoms with Crippen LogP contribution in [-0.2, 0) is 11.2 Å². The number of hydrogen-bond donors (Lipinski definition) is 1. The van der Waals surface area contributed by atoms with Crippen molar-refractivity contribution in [1.82, 2.24) is 9.97 Å². The second-order valence-electron chi connectivity index (χ2n) is 4.46. The Morgan fingerprint density at radius 3 is 3.11 bits per heavy atom. The largest absolute Gasteiger partial charge is 0.309 e. The summed E-state index contributed by atoms with van der Waals surface area (Å²) in [5.74, 6) is 0.347. The van der Waals surface area contributed by atoms with E-state index in [0.717, 1.165) is 24.8 Å². The van der Waals surface area contributed by atoms with E-state index < -0.39 is 0 Å². The third-order valence-corrected chi connectivity index (χ3v) is 4.43. The SMILES string of the molecule is O=C(Nc1cnc(Cl)cn1)C1CCCc2sccc21. The number of aromatic nitrogens is 2. The van der Waals surface area contributed by atoms with Crippen molar-refractivity contribution in [3.05, 3.63) is 39.4 Å². The van der Waals surface area contributed by atoms with Gasteiger partial charge in [0.1, 0.15) is 5.15 Å². The van der Waals surface area contributed by atoms with E-state index in [4.69, 9.17) is 11.6 Å². The molecule has 0 bridgehead atoms. The Balaban J connectivity index is 1.77. The minimum absolute atomic E-state index is 0.0176. The summed E-state index contributed by atoms with van der Waals surface area (Å²) in [5, 5.41) is 5.17. The van der Waals surface area contributed by atoms with Crippen LogP contribution in [0.25, 0.3) is 0 Å². The molecule has 3 rings (SSSR count). The summed E-state index contributed by atoms with van der Waals surface area (Å²) in [7, 11) is 0. The fourth-order valence-corrected chi connectivity index (χ4v) is 3.43. The Hall–Kier alpha value is -1.46. The molecule has 0 radical (unpaired) electrons. The summed E-state index contributed by atoms with van der Waals surface area (Å²) < 4.78 is 0. The number of hydrogen-bond acceptors (Lipinski definition) is 4. The maximum atomic E-state index is 12.3. The molecule has 0 saturated carbocycles. The highest BCUT2D eigenvalue weighted by Crippen LogP contribution is 2.35. The second-order valence-corrected chi connectivity index (χ2v) is 5.85. The van der Waals surface area contributed by atoms with E-state index >= 15 is 0 Å². The van der Waals surface area contributed by atoms with Crippen molar-refractivity contribution in [2.75, 3.05) is 5.32 Å². The van der Waals surface area contributed by atoms with Crippen LogP contribution in [0.2, 0.25) is 5.15 Å². The average Bonchev–Trinajstić information content (AvgIpc) is 2.89. The summed E-state index contributed by atoms with van der Waals surface area (Å²) in [5.41, 5.74) is 1.16. The van der Waals surface area contributed by atoms with E-state index in [2.05, 4.69) is 26.7 Å². The Morgan fingerprint density at radius 1 is 1.42 bits per heavy atom. The molecule has 0 aromatic carbocycles. The van der Waals surface area contributed by atoms with Crippen molar-refractivity contribution in [2.24, 2.45) is 0 Å². The first kappa shape index (κ1) is 12.6. The van der Waals surface area contributed by atoms with Gasteiger partial charge in [-0.3, -0.25) is 4.79 Å². The van der Waals surface area contributed by atoms with Gasteiger partial charge in [0.15, 0.2) is 5.82 Å². The predicted octanol–water partition coefficient (Wildman–Crippen LogP) is 3.25. The lowest BCUT2D eigenvalue weighted by Gasteiger charge is -2.21. The van der Waals surface area contributed by atoms with Crippen LogP contribution in [0, 0.1) is 0 Å². The molecule has 1 aliphatic rings. The van der Waals surface area contributed by atoms with Crippen molar-refractivity contribution in [3.63, 3.8) is 0 Å². The number of halogens is 1. The van der Waals surface area contributed by atoms with Gasteiger partial charge in [0.2, 0.25) is 5.91 Å². The number of carbonyl (C=O) groups excluding carboxylic acids is 1. The van der Waals surface area contributed by atoms with Crippen molar-refractivity contribution in [1.29, 1.82) is 0 Å². The summed E-state index contributed by atoms with van der Waals surface area (Å²) >= 11 is 7.39. The quantitative estimate of drug-likeness (QED) is 0.925. The zero-order valence-corrected chi connectivity index (χ0v) is 11.7. The third-order valence-electron chi connectivity index (χ3n) is 3.24. The maximum Gasteiger partial charge on any atom is 0.233 e. The van der Waals surface area contributed by atoms with Gasteiger partial charge in [0, 0.05) is 4.88 Å². The number of carbonyl (C=O) groups is 1. The van der Waals surface area contributed by atoms with Crippen molar-refractivity contribution < 1.29 is 4.79 Å². The Morgan fingerprint density at radius 2 is 2.32 bits per heavy atom. The molecule has 1 atom stereocenters. The average molecular weight is 294 g/mol. The van der Waals surface area contributed by atoms with E-state index in [0.29, 0.717) is 11.0 Å². The molecule has 0 fully saturated rings. The van der Waals surface area contributed by atoms with Crippen LogP contribution < -0.4 is 5.32 Å². The smallest absolute Gasteiger partial charge is 0.233 e. The number of thiophene rings is 1. The summed E-state index contributed by atoms with van der Waals surface area (Å²) in [6.07, 6.45) is 5.91. The molecule has 2 aromatic rings. The number of nitrogens with zero attached hydrogens (tertiary/aromatic N) is 2. The number of aryl methyl sites for hydroxylation is 1. The van der Waals surface area contributed by atoms with Crippen molar-refractivity contribution in [2.45, 2.75) is 25.2 Å². The van der Waals surface area contributed by atoms with Crippen LogP contribution in [0.5, 0.6) is 0 Å². The summed E-state index contributed by atoms with van der Waals surface area (Å²) in [6.45, 7) is 0. The third kappa shape index (κ3) is 2.62. The fourth-order valence-electron chi connectivity index (χ4n) is 2.35. The van der Waals surface area contributed by atoms with Gasteiger partial charge in [-0.1, -0.05) is 11.6 Å². The lowest BCUT2D eigenvalue weighted by atomic mass is 9.87. The van der Waals surface area contributed by atoms with Gasteiger partial charge in [0.25, 0.3) is 0 Å². The van der Waals surface area contributed by atoms with Gasteiger partial charge in [-0.25, -0.2) is 9.97 Å². The first-order chi connectivity index (χ1) is 9.24. The second kappa shape index (κ2) is 5.27. The molecule has 0 spiro atoms. The number of amides is 1. The predicted molar refractivity (Wildman–Crippen MR) is 75.7 cm³/mol. The highest BCUT2D eigenvalue weighted by atomic mass is 35.5. The van der Waals surface area contributed by atoms with Crippen molar-refractivity contribution >= 4 is 34.7 Å². The first-order valence-electron chi connectivity index (χ1n) is 6.09. The van der Waals surface area contributed by atoms with Crippen LogP contribution in [0.15, 0.2) is 23.8 Å². The number of fused-ring (bicyclic) bond motifs is 1. The zero-order valence-electron chi connectivity index (χ0n) is 10.1. The van der Waals surface area contributed by atoms with Crippen LogP contribution in [0.4, 0.5) is 5.82 Å². The number of anilines is 1. The van der Waals surface area contributed by atoms with Gasteiger partial charge < -0.3 is 5.32 Å². The highest BCUT2D eigenvalue weighted by Gasteiger charge is 2.27. The van der Waals surface area contributed by atoms with Gasteiger partial charge in [-0.15, -0.1) is 11.3 Å². The molecule has 1 aliphatic carbocycles. The molecular formula is C13H12ClN3OS. The molecule has 1 N–H and O–H groups in total. The topological polar surface area (TPSA) is 54.9 Å². The Bertz CT molecular complexity index is 596. The highest BCUT2D eigenvalue weighted by molar-refractivity contribution is 7.10. The lowest BCUT2D eigenvalue weighted by Crippen LogP contribution is -2.24. The van der Waals surface area contributed by atoms with Gasteiger partial charge >= 0.3 is 0 Å². The zero-order chi connectivity index (χ0) is 13.2. The molecule has 4 nitrogen and oxygen atoms in total. The van der Waals surface area contributed by atoms with E-state index in [1.165, 1.54) is 17.3 Å². The first-order valence-corrected chi connectivity index (χ1v) is 7.34. The van der Waals surface area contributed by atoms with E-state index in [9.17, 15) is 4.79 Å². The van der Waals surface area contributed by atoms with E-state index in [-0.39, 0.29) is 11.8 Å². The van der Waals surface area contributed by atoms with Crippen molar-refractivity contribution in [3.8, 4) is 0 Å². The summed E-state index contributed by atoms with van der Waals surface area (Å²) in [4.78, 5) is 21.6. The molecule has 0 saturated heterocycles. The normalized spacial score (nSPS) is 17.8. The van der Waals surface area contributed by atoms with Crippen LogP contribution in [0.3, 0.4) is 0 Å². The van der Waals surface area contributed by atoms with E-state index in [1.54, 1.807) is 11.3 Å². The molecule has 6 heteroatoms. The molecule has 1 amide bonds. The molecule has 0 aliphatic heterocycles.